The number of halogens is 4. The van der Waals surface area contributed by atoms with Crippen LogP contribution in [-0.2, 0) is 16.9 Å². The third-order valence-corrected chi connectivity index (χ3v) is 6.48. The lowest BCUT2D eigenvalue weighted by atomic mass is 9.90. The van der Waals surface area contributed by atoms with E-state index in [1.54, 1.807) is 24.0 Å². The van der Waals surface area contributed by atoms with Gasteiger partial charge in [-0.25, -0.2) is 17.8 Å². The normalized spacial score (nSPS) is 17.7. The molecular weight excluding hydrogens is 402 g/mol. The van der Waals surface area contributed by atoms with E-state index in [4.69, 9.17) is 0 Å². The number of aromatic nitrogens is 2. The average molecular weight is 421 g/mol. The molecule has 11 heteroatoms. The summed E-state index contributed by atoms with van der Waals surface area (Å²) in [6, 6.07) is 2.37. The molecule has 1 saturated heterocycles. The Hall–Kier alpha value is -2.14. The molecule has 1 aliphatic rings. The number of aryl methyl sites for hydroxylation is 1. The summed E-state index contributed by atoms with van der Waals surface area (Å²) in [5.41, 5.74) is -5.72. The van der Waals surface area contributed by atoms with E-state index in [0.717, 1.165) is 12.1 Å². The van der Waals surface area contributed by atoms with Crippen molar-refractivity contribution in [1.29, 1.82) is 0 Å². The standard InChI is InChI=1S/C17H19F4N3O3S/c1-23-9-6-22-16(23)15(25)11-4-7-24(8-5-11)13-3-2-12(18)10-14(13)28(26,27)17(19,20)21/h2-3,6,9-11,15,25H,4-5,7-8H2,1H3. The molecule has 28 heavy (non-hydrogen) atoms. The summed E-state index contributed by atoms with van der Waals surface area (Å²) in [6.45, 7) is 0.441. The lowest BCUT2D eigenvalue weighted by Gasteiger charge is -2.36. The predicted octanol–water partition coefficient (Wildman–Crippen LogP) is 2.80. The number of nitrogens with zero attached hydrogens (tertiary/aromatic N) is 3. The van der Waals surface area contributed by atoms with Gasteiger partial charge in [0, 0.05) is 32.5 Å². The fraction of sp³-hybridized carbons (Fsp3) is 0.471. The fourth-order valence-corrected chi connectivity index (χ4v) is 4.41. The number of hydrogen-bond donors (Lipinski definition) is 1. The Morgan fingerprint density at radius 1 is 1.25 bits per heavy atom. The summed E-state index contributed by atoms with van der Waals surface area (Å²) in [4.78, 5) is 4.48. The summed E-state index contributed by atoms with van der Waals surface area (Å²) in [5, 5.41) is 10.5. The minimum absolute atomic E-state index is 0.180. The molecule has 6 nitrogen and oxygen atoms in total. The van der Waals surface area contributed by atoms with E-state index in [1.165, 1.54) is 4.90 Å². The zero-order valence-electron chi connectivity index (χ0n) is 14.9. The number of sulfone groups is 1. The molecule has 1 aromatic heterocycles. The molecule has 1 N–H and O–H groups in total. The summed E-state index contributed by atoms with van der Waals surface area (Å²) >= 11 is 0. The van der Waals surface area contributed by atoms with Gasteiger partial charge in [0.25, 0.3) is 9.84 Å². The quantitative estimate of drug-likeness (QED) is 0.769. The number of anilines is 1. The van der Waals surface area contributed by atoms with Gasteiger partial charge in [0.15, 0.2) is 0 Å². The van der Waals surface area contributed by atoms with Crippen LogP contribution in [0.15, 0.2) is 35.5 Å². The summed E-state index contributed by atoms with van der Waals surface area (Å²) in [7, 11) is -3.95. The summed E-state index contributed by atoms with van der Waals surface area (Å²) < 4.78 is 77.9. The highest BCUT2D eigenvalue weighted by molar-refractivity contribution is 7.92. The highest BCUT2D eigenvalue weighted by atomic mass is 32.2. The van der Waals surface area contributed by atoms with Crippen LogP contribution in [0.25, 0.3) is 0 Å². The molecule has 0 amide bonds. The Labute approximate surface area is 159 Å². The second-order valence-electron chi connectivity index (χ2n) is 6.73. The highest BCUT2D eigenvalue weighted by Gasteiger charge is 2.48. The van der Waals surface area contributed by atoms with E-state index in [2.05, 4.69) is 4.98 Å². The van der Waals surface area contributed by atoms with Gasteiger partial charge in [0.2, 0.25) is 0 Å². The Bertz CT molecular complexity index is 951. The summed E-state index contributed by atoms with van der Waals surface area (Å²) in [5.74, 6) is -0.757. The van der Waals surface area contributed by atoms with Crippen molar-refractivity contribution < 1.29 is 31.1 Å². The van der Waals surface area contributed by atoms with Gasteiger partial charge in [-0.3, -0.25) is 0 Å². The maximum absolute atomic E-state index is 13.5. The highest BCUT2D eigenvalue weighted by Crippen LogP contribution is 2.38. The lowest BCUT2D eigenvalue weighted by molar-refractivity contribution is -0.0435. The molecule has 0 spiro atoms. The van der Waals surface area contributed by atoms with Crippen molar-refractivity contribution in [2.45, 2.75) is 29.3 Å². The molecule has 1 aliphatic heterocycles. The fourth-order valence-electron chi connectivity index (χ4n) is 3.42. The zero-order chi connectivity index (χ0) is 20.7. The van der Waals surface area contributed by atoms with E-state index in [1.807, 2.05) is 0 Å². The number of piperidine rings is 1. The van der Waals surface area contributed by atoms with Gasteiger partial charge in [-0.2, -0.15) is 13.2 Å². The van der Waals surface area contributed by atoms with Crippen LogP contribution in [-0.4, -0.2) is 41.7 Å². The van der Waals surface area contributed by atoms with Gasteiger partial charge in [0.1, 0.15) is 22.6 Å². The number of rotatable bonds is 4. The third kappa shape index (κ3) is 3.72. The van der Waals surface area contributed by atoms with E-state index in [0.29, 0.717) is 24.7 Å². The van der Waals surface area contributed by atoms with Crippen LogP contribution in [0.5, 0.6) is 0 Å². The average Bonchev–Trinajstić information content (AvgIpc) is 3.06. The first-order chi connectivity index (χ1) is 13.0. The molecule has 2 aromatic rings. The topological polar surface area (TPSA) is 75.4 Å². The van der Waals surface area contributed by atoms with E-state index in [9.17, 15) is 31.1 Å². The third-order valence-electron chi connectivity index (χ3n) is 4.97. The molecule has 1 unspecified atom stereocenters. The van der Waals surface area contributed by atoms with Gasteiger partial charge in [-0.05, 0) is 37.0 Å². The van der Waals surface area contributed by atoms with Crippen molar-refractivity contribution in [1.82, 2.24) is 9.55 Å². The van der Waals surface area contributed by atoms with Crippen LogP contribution in [0, 0.1) is 11.7 Å². The van der Waals surface area contributed by atoms with Crippen LogP contribution < -0.4 is 4.90 Å². The van der Waals surface area contributed by atoms with Crippen molar-refractivity contribution >= 4 is 15.5 Å². The number of benzene rings is 1. The number of aliphatic hydroxyl groups is 1. The Balaban J connectivity index is 1.83. The molecule has 0 bridgehead atoms. The maximum Gasteiger partial charge on any atom is 0.501 e. The predicted molar refractivity (Wildman–Crippen MR) is 92.7 cm³/mol. The smallest absolute Gasteiger partial charge is 0.385 e. The molecule has 1 fully saturated rings. The number of imidazole rings is 1. The van der Waals surface area contributed by atoms with Gasteiger partial charge >= 0.3 is 5.51 Å². The van der Waals surface area contributed by atoms with Crippen molar-refractivity contribution in [2.24, 2.45) is 13.0 Å². The first kappa shape index (κ1) is 20.6. The van der Waals surface area contributed by atoms with Crippen LogP contribution in [0.4, 0.5) is 23.2 Å². The Morgan fingerprint density at radius 2 is 1.89 bits per heavy atom. The number of alkyl halides is 3. The van der Waals surface area contributed by atoms with Crippen molar-refractivity contribution in [2.75, 3.05) is 18.0 Å². The Kier molecular flexibility index (Phi) is 5.41. The molecule has 1 atom stereocenters. The Morgan fingerprint density at radius 3 is 2.43 bits per heavy atom. The van der Waals surface area contributed by atoms with Gasteiger partial charge in [-0.15, -0.1) is 0 Å². The van der Waals surface area contributed by atoms with Crippen LogP contribution in [0.2, 0.25) is 0 Å². The van der Waals surface area contributed by atoms with Crippen molar-refractivity contribution in [3.8, 4) is 0 Å². The summed E-state index contributed by atoms with van der Waals surface area (Å²) in [6.07, 6.45) is 3.24. The van der Waals surface area contributed by atoms with Crippen molar-refractivity contribution in [3.63, 3.8) is 0 Å². The van der Waals surface area contributed by atoms with Gasteiger partial charge < -0.3 is 14.6 Å². The largest absolute Gasteiger partial charge is 0.501 e. The minimum atomic E-state index is -5.69. The van der Waals surface area contributed by atoms with Gasteiger partial charge in [0.05, 0.1) is 5.69 Å². The number of aliphatic hydroxyl groups excluding tert-OH is 1. The minimum Gasteiger partial charge on any atom is -0.385 e. The van der Waals surface area contributed by atoms with Crippen molar-refractivity contribution in [3.05, 3.63) is 42.2 Å². The van der Waals surface area contributed by atoms with Crippen LogP contribution in [0.3, 0.4) is 0 Å². The van der Waals surface area contributed by atoms with Gasteiger partial charge in [-0.1, -0.05) is 0 Å². The lowest BCUT2D eigenvalue weighted by Crippen LogP contribution is -2.37. The second kappa shape index (κ2) is 7.36. The molecule has 3 rings (SSSR count). The molecule has 0 saturated carbocycles. The maximum atomic E-state index is 13.5. The zero-order valence-corrected chi connectivity index (χ0v) is 15.7. The molecule has 2 heterocycles. The van der Waals surface area contributed by atoms with E-state index in [-0.39, 0.29) is 24.7 Å². The molecule has 154 valence electrons. The first-order valence-electron chi connectivity index (χ1n) is 8.53. The molecule has 1 aromatic carbocycles. The SMILES string of the molecule is Cn1ccnc1C(O)C1CCN(c2ccc(F)cc2S(=O)(=O)C(F)(F)F)CC1. The number of hydrogen-bond acceptors (Lipinski definition) is 5. The first-order valence-corrected chi connectivity index (χ1v) is 10.0. The van der Waals surface area contributed by atoms with Crippen LogP contribution >= 0.6 is 0 Å². The van der Waals surface area contributed by atoms with E-state index >= 15 is 0 Å². The molecular formula is C17H19F4N3O3S. The van der Waals surface area contributed by atoms with E-state index < -0.39 is 32.2 Å². The molecule has 0 radical (unpaired) electrons. The van der Waals surface area contributed by atoms with Crippen LogP contribution in [0.1, 0.15) is 24.8 Å². The second-order valence-corrected chi connectivity index (χ2v) is 8.64. The monoisotopic (exact) mass is 421 g/mol. The molecule has 0 aliphatic carbocycles.